The zero-order valence-corrected chi connectivity index (χ0v) is 10.9. The average molecular weight is 278 g/mol. The van der Waals surface area contributed by atoms with E-state index in [1.165, 1.54) is 18.2 Å². The predicted octanol–water partition coefficient (Wildman–Crippen LogP) is 3.37. The summed E-state index contributed by atoms with van der Waals surface area (Å²) in [5.74, 6) is -1.29. The third-order valence-corrected chi connectivity index (χ3v) is 3.52. The molecule has 0 atom stereocenters. The van der Waals surface area contributed by atoms with Gasteiger partial charge in [-0.1, -0.05) is 30.0 Å². The number of carbonyl (C=O) groups excluding carboxylic acids is 1. The molecular formula is C13H11FN2O2S. The molecule has 0 bridgehead atoms. The number of thiazole rings is 1. The largest absolute Gasteiger partial charge is 0.507 e. The molecule has 1 amide bonds. The minimum atomic E-state index is -0.597. The Bertz CT molecular complexity index is 652. The molecule has 0 aliphatic rings. The van der Waals surface area contributed by atoms with E-state index in [1.54, 1.807) is 13.0 Å². The molecule has 1 aromatic carbocycles. The number of carbonyl (C=O) groups is 1. The first-order chi connectivity index (χ1) is 8.99. The molecule has 0 spiro atoms. The Morgan fingerprint density at radius 1 is 1.47 bits per heavy atom. The second-order valence-corrected chi connectivity index (χ2v) is 4.81. The number of nitrogens with one attached hydrogen (secondary N) is 1. The molecule has 0 saturated heterocycles. The third kappa shape index (κ3) is 2.79. The second-order valence-electron chi connectivity index (χ2n) is 3.81. The van der Waals surface area contributed by atoms with Crippen LogP contribution in [0.1, 0.15) is 20.9 Å². The Morgan fingerprint density at radius 3 is 2.74 bits per heavy atom. The van der Waals surface area contributed by atoms with Crippen LogP contribution in [0.25, 0.3) is 5.76 Å². The molecule has 1 heterocycles. The van der Waals surface area contributed by atoms with Crippen LogP contribution in [0, 0.1) is 12.7 Å². The van der Waals surface area contributed by atoms with Gasteiger partial charge in [-0.25, -0.2) is 9.37 Å². The predicted molar refractivity (Wildman–Crippen MR) is 72.9 cm³/mol. The van der Waals surface area contributed by atoms with Crippen LogP contribution in [0.3, 0.4) is 0 Å². The fourth-order valence-electron chi connectivity index (χ4n) is 1.53. The van der Waals surface area contributed by atoms with Crippen LogP contribution in [0.4, 0.5) is 9.52 Å². The zero-order chi connectivity index (χ0) is 14.0. The van der Waals surface area contributed by atoms with Crippen LogP contribution in [-0.2, 0) is 0 Å². The molecule has 0 radical (unpaired) electrons. The quantitative estimate of drug-likeness (QED) is 0.846. The van der Waals surface area contributed by atoms with Crippen molar-refractivity contribution < 1.29 is 14.3 Å². The fourth-order valence-corrected chi connectivity index (χ4v) is 2.36. The summed E-state index contributed by atoms with van der Waals surface area (Å²) in [5, 5.41) is 12.1. The van der Waals surface area contributed by atoms with Gasteiger partial charge in [0, 0.05) is 0 Å². The van der Waals surface area contributed by atoms with Crippen molar-refractivity contribution in [2.24, 2.45) is 0 Å². The molecule has 0 aliphatic carbocycles. The lowest BCUT2D eigenvalue weighted by atomic mass is 10.2. The van der Waals surface area contributed by atoms with E-state index in [1.807, 2.05) is 0 Å². The van der Waals surface area contributed by atoms with E-state index in [0.717, 1.165) is 11.3 Å². The van der Waals surface area contributed by atoms with E-state index in [9.17, 15) is 14.3 Å². The Morgan fingerprint density at radius 2 is 2.16 bits per heavy atom. The summed E-state index contributed by atoms with van der Waals surface area (Å²) in [7, 11) is 0. The van der Waals surface area contributed by atoms with Gasteiger partial charge < -0.3 is 5.11 Å². The summed E-state index contributed by atoms with van der Waals surface area (Å²) in [6.45, 7) is 5.09. The summed E-state index contributed by atoms with van der Waals surface area (Å²) in [6, 6.07) is 5.68. The van der Waals surface area contributed by atoms with Crippen molar-refractivity contribution in [2.75, 3.05) is 5.32 Å². The topological polar surface area (TPSA) is 62.2 Å². The lowest BCUT2D eigenvalue weighted by Crippen LogP contribution is -2.13. The molecule has 2 N–H and O–H groups in total. The Balaban J connectivity index is 2.22. The lowest BCUT2D eigenvalue weighted by molar-refractivity contribution is 0.102. The molecular weight excluding hydrogens is 267 g/mol. The van der Waals surface area contributed by atoms with Gasteiger partial charge in [-0.15, -0.1) is 0 Å². The van der Waals surface area contributed by atoms with E-state index in [-0.39, 0.29) is 16.5 Å². The summed E-state index contributed by atoms with van der Waals surface area (Å²) < 4.78 is 13.4. The van der Waals surface area contributed by atoms with Crippen molar-refractivity contribution in [2.45, 2.75) is 6.92 Å². The van der Waals surface area contributed by atoms with E-state index in [2.05, 4.69) is 16.9 Å². The van der Waals surface area contributed by atoms with Gasteiger partial charge in [0.2, 0.25) is 0 Å². The lowest BCUT2D eigenvalue weighted by Gasteiger charge is -2.02. The van der Waals surface area contributed by atoms with Gasteiger partial charge in [0.25, 0.3) is 5.91 Å². The maximum atomic E-state index is 13.4. The van der Waals surface area contributed by atoms with E-state index >= 15 is 0 Å². The summed E-state index contributed by atoms with van der Waals surface area (Å²) in [6.07, 6.45) is 0. The molecule has 4 nitrogen and oxygen atoms in total. The molecule has 19 heavy (non-hydrogen) atoms. The minimum absolute atomic E-state index is 0.0558. The van der Waals surface area contributed by atoms with Crippen molar-refractivity contribution in [1.82, 2.24) is 4.98 Å². The SMILES string of the molecule is C=C(O)c1sc(NC(=O)c2ccccc2F)nc1C. The molecule has 0 fully saturated rings. The van der Waals surface area contributed by atoms with Gasteiger partial charge in [0.05, 0.1) is 16.1 Å². The van der Waals surface area contributed by atoms with E-state index in [4.69, 9.17) is 0 Å². The Labute approximate surface area is 113 Å². The van der Waals surface area contributed by atoms with Crippen molar-refractivity contribution in [3.63, 3.8) is 0 Å². The number of nitrogens with zero attached hydrogens (tertiary/aromatic N) is 1. The normalized spacial score (nSPS) is 10.2. The molecule has 0 aliphatic heterocycles. The number of rotatable bonds is 3. The highest BCUT2D eigenvalue weighted by molar-refractivity contribution is 7.16. The maximum Gasteiger partial charge on any atom is 0.260 e. The van der Waals surface area contributed by atoms with Crippen LogP contribution >= 0.6 is 11.3 Å². The van der Waals surface area contributed by atoms with E-state index in [0.29, 0.717) is 10.6 Å². The number of aromatic nitrogens is 1. The zero-order valence-electron chi connectivity index (χ0n) is 10.1. The molecule has 0 unspecified atom stereocenters. The standard InChI is InChI=1S/C13H11FN2O2S/c1-7-11(8(2)17)19-13(15-7)16-12(18)9-5-3-4-6-10(9)14/h3-6,17H,2H2,1H3,(H,15,16,18). The number of anilines is 1. The number of aliphatic hydroxyl groups is 1. The van der Waals surface area contributed by atoms with Crippen molar-refractivity contribution in [3.8, 4) is 0 Å². The van der Waals surface area contributed by atoms with Gasteiger partial charge in [0.15, 0.2) is 5.13 Å². The molecule has 2 rings (SSSR count). The van der Waals surface area contributed by atoms with Crippen LogP contribution in [0.5, 0.6) is 0 Å². The number of benzene rings is 1. The van der Waals surface area contributed by atoms with Crippen LogP contribution in [-0.4, -0.2) is 16.0 Å². The highest BCUT2D eigenvalue weighted by Crippen LogP contribution is 2.27. The van der Waals surface area contributed by atoms with Gasteiger partial charge in [-0.2, -0.15) is 0 Å². The molecule has 1 aromatic heterocycles. The number of aliphatic hydroxyl groups excluding tert-OH is 1. The van der Waals surface area contributed by atoms with Crippen LogP contribution in [0.15, 0.2) is 30.8 Å². The smallest absolute Gasteiger partial charge is 0.260 e. The van der Waals surface area contributed by atoms with Crippen molar-refractivity contribution in [3.05, 3.63) is 52.8 Å². The molecule has 6 heteroatoms. The monoisotopic (exact) mass is 278 g/mol. The Hall–Kier alpha value is -2.21. The fraction of sp³-hybridized carbons (Fsp3) is 0.0769. The number of amides is 1. The third-order valence-electron chi connectivity index (χ3n) is 2.40. The van der Waals surface area contributed by atoms with Gasteiger partial charge in [-0.3, -0.25) is 10.1 Å². The molecule has 0 saturated carbocycles. The highest BCUT2D eigenvalue weighted by atomic mass is 32.1. The number of aryl methyl sites for hydroxylation is 1. The van der Waals surface area contributed by atoms with Crippen molar-refractivity contribution >= 4 is 28.1 Å². The summed E-state index contributed by atoms with van der Waals surface area (Å²) >= 11 is 1.08. The maximum absolute atomic E-state index is 13.4. The first kappa shape index (κ1) is 13.2. The molecule has 98 valence electrons. The number of halogens is 1. The second kappa shape index (κ2) is 5.19. The highest BCUT2D eigenvalue weighted by Gasteiger charge is 2.15. The number of hydrogen-bond donors (Lipinski definition) is 2. The molecule has 2 aromatic rings. The number of hydrogen-bond acceptors (Lipinski definition) is 4. The van der Waals surface area contributed by atoms with Crippen LogP contribution in [0.2, 0.25) is 0 Å². The summed E-state index contributed by atoms with van der Waals surface area (Å²) in [5.41, 5.74) is 0.501. The Kier molecular flexibility index (Phi) is 3.62. The average Bonchev–Trinajstić information content (AvgIpc) is 2.70. The van der Waals surface area contributed by atoms with Crippen LogP contribution < -0.4 is 5.32 Å². The van der Waals surface area contributed by atoms with Crippen molar-refractivity contribution in [1.29, 1.82) is 0 Å². The van der Waals surface area contributed by atoms with E-state index < -0.39 is 11.7 Å². The van der Waals surface area contributed by atoms with Gasteiger partial charge in [0.1, 0.15) is 11.6 Å². The van der Waals surface area contributed by atoms with Gasteiger partial charge in [-0.05, 0) is 19.1 Å². The first-order valence-electron chi connectivity index (χ1n) is 5.40. The minimum Gasteiger partial charge on any atom is -0.507 e. The summed E-state index contributed by atoms with van der Waals surface area (Å²) in [4.78, 5) is 16.4. The first-order valence-corrected chi connectivity index (χ1v) is 6.22. The van der Waals surface area contributed by atoms with Gasteiger partial charge >= 0.3 is 0 Å².